The average molecular weight is 317 g/mol. The Bertz CT molecular complexity index is 467. The molecule has 0 saturated heterocycles. The molecule has 0 radical (unpaired) electrons. The zero-order valence-corrected chi connectivity index (χ0v) is 12.6. The average Bonchev–Trinajstić information content (AvgIpc) is 2.31. The Balaban J connectivity index is 1.76. The van der Waals surface area contributed by atoms with E-state index < -0.39 is 0 Å². The molecule has 1 aromatic carbocycles. The lowest BCUT2D eigenvalue weighted by molar-refractivity contribution is -0.120. The van der Waals surface area contributed by atoms with Crippen LogP contribution in [0.1, 0.15) is 25.7 Å². The molecule has 1 saturated carbocycles. The fourth-order valence-corrected chi connectivity index (χ4v) is 2.65. The quantitative estimate of drug-likeness (QED) is 0.621. The predicted molar refractivity (Wildman–Crippen MR) is 82.3 cm³/mol. The molecule has 6 heteroatoms. The van der Waals surface area contributed by atoms with Gasteiger partial charge in [-0.05, 0) is 24.5 Å². The molecule has 0 atom stereocenters. The molecule has 3 N–H and O–H groups in total. The summed E-state index contributed by atoms with van der Waals surface area (Å²) < 4.78 is 5.36. The van der Waals surface area contributed by atoms with Gasteiger partial charge >= 0.3 is 0 Å². The Morgan fingerprint density at radius 1 is 1.40 bits per heavy atom. The molecule has 0 bridgehead atoms. The first-order valence-electron chi connectivity index (χ1n) is 6.68. The topological polar surface area (TPSA) is 64.3 Å². The van der Waals surface area contributed by atoms with E-state index in [1.54, 1.807) is 6.07 Å². The van der Waals surface area contributed by atoms with E-state index in [2.05, 4.69) is 5.32 Å². The van der Waals surface area contributed by atoms with Crippen LogP contribution >= 0.6 is 23.2 Å². The normalized spacial score (nSPS) is 14.9. The largest absolute Gasteiger partial charge is 0.397 e. The van der Waals surface area contributed by atoms with Gasteiger partial charge in [0.05, 0.1) is 16.4 Å². The first-order valence-corrected chi connectivity index (χ1v) is 7.44. The van der Waals surface area contributed by atoms with Crippen LogP contribution in [-0.2, 0) is 9.53 Å². The second-order valence-electron chi connectivity index (χ2n) is 5.04. The molecule has 0 spiro atoms. The molecule has 110 valence electrons. The van der Waals surface area contributed by atoms with E-state index in [0.717, 1.165) is 12.3 Å². The van der Waals surface area contributed by atoms with Crippen LogP contribution < -0.4 is 11.1 Å². The molecule has 1 fully saturated rings. The molecule has 4 nitrogen and oxygen atoms in total. The maximum Gasteiger partial charge on any atom is 0.250 e. The third-order valence-electron chi connectivity index (χ3n) is 3.48. The molecule has 0 aromatic heterocycles. The lowest BCUT2D eigenvalue weighted by Crippen LogP contribution is -2.21. The minimum atomic E-state index is -0.269. The summed E-state index contributed by atoms with van der Waals surface area (Å²) in [5.41, 5.74) is 6.48. The number of benzene rings is 1. The van der Waals surface area contributed by atoms with Crippen molar-refractivity contribution in [2.24, 2.45) is 5.92 Å². The molecule has 1 amide bonds. The van der Waals surface area contributed by atoms with Gasteiger partial charge in [0.25, 0.3) is 0 Å². The minimum Gasteiger partial charge on any atom is -0.397 e. The number of nitrogen functional groups attached to an aromatic ring is 1. The van der Waals surface area contributed by atoms with Gasteiger partial charge in [-0.25, -0.2) is 0 Å². The molecular formula is C14H18Cl2N2O2. The van der Waals surface area contributed by atoms with Crippen molar-refractivity contribution in [2.45, 2.75) is 25.7 Å². The molecule has 2 rings (SSSR count). The standard InChI is InChI=1S/C14H18Cl2N2O2/c15-10-6-11(16)14(12(17)7-10)18-13(19)8-20-5-4-9-2-1-3-9/h6-7,9H,1-5,8,17H2,(H,18,19). The van der Waals surface area contributed by atoms with E-state index in [1.165, 1.54) is 25.3 Å². The molecule has 0 aliphatic heterocycles. The van der Waals surface area contributed by atoms with E-state index >= 15 is 0 Å². The summed E-state index contributed by atoms with van der Waals surface area (Å²) in [5.74, 6) is 0.508. The van der Waals surface area contributed by atoms with Gasteiger partial charge in [-0.2, -0.15) is 0 Å². The molecule has 1 aromatic rings. The fourth-order valence-electron chi connectivity index (χ4n) is 2.10. The highest BCUT2D eigenvalue weighted by Gasteiger charge is 2.17. The van der Waals surface area contributed by atoms with Crippen molar-refractivity contribution in [3.63, 3.8) is 0 Å². The zero-order valence-electron chi connectivity index (χ0n) is 11.1. The SMILES string of the molecule is Nc1cc(Cl)cc(Cl)c1NC(=O)COCCC1CCC1. The van der Waals surface area contributed by atoms with Crippen molar-refractivity contribution in [3.8, 4) is 0 Å². The number of amides is 1. The van der Waals surface area contributed by atoms with Gasteiger partial charge in [-0.1, -0.05) is 42.5 Å². The Labute approximate surface area is 128 Å². The Morgan fingerprint density at radius 2 is 2.15 bits per heavy atom. The van der Waals surface area contributed by atoms with Crippen LogP contribution in [0.2, 0.25) is 10.0 Å². The van der Waals surface area contributed by atoms with Crippen LogP contribution in [0.25, 0.3) is 0 Å². The van der Waals surface area contributed by atoms with Crippen molar-refractivity contribution >= 4 is 40.5 Å². The van der Waals surface area contributed by atoms with Crippen molar-refractivity contribution in [1.82, 2.24) is 0 Å². The van der Waals surface area contributed by atoms with E-state index in [-0.39, 0.29) is 12.5 Å². The second-order valence-corrected chi connectivity index (χ2v) is 5.88. The number of ether oxygens (including phenoxy) is 1. The number of carbonyl (C=O) groups excluding carboxylic acids is 1. The van der Waals surface area contributed by atoms with Crippen molar-refractivity contribution in [1.29, 1.82) is 0 Å². The number of rotatable bonds is 6. The van der Waals surface area contributed by atoms with Crippen LogP contribution in [0, 0.1) is 5.92 Å². The molecular weight excluding hydrogens is 299 g/mol. The van der Waals surface area contributed by atoms with Gasteiger partial charge in [-0.15, -0.1) is 0 Å². The predicted octanol–water partition coefficient (Wildman–Crippen LogP) is 3.72. The fraction of sp³-hybridized carbons (Fsp3) is 0.500. The van der Waals surface area contributed by atoms with Gasteiger partial charge in [0.1, 0.15) is 6.61 Å². The van der Waals surface area contributed by atoms with Crippen LogP contribution in [0.5, 0.6) is 0 Å². The van der Waals surface area contributed by atoms with Crippen LogP contribution in [0.15, 0.2) is 12.1 Å². The number of nitrogens with one attached hydrogen (secondary N) is 1. The molecule has 1 aliphatic rings. The van der Waals surface area contributed by atoms with Crippen LogP contribution in [-0.4, -0.2) is 19.1 Å². The van der Waals surface area contributed by atoms with Crippen molar-refractivity contribution in [3.05, 3.63) is 22.2 Å². The summed E-state index contributed by atoms with van der Waals surface area (Å²) >= 11 is 11.8. The number of hydrogen-bond donors (Lipinski definition) is 2. The number of nitrogens with two attached hydrogens (primary N) is 1. The van der Waals surface area contributed by atoms with Crippen LogP contribution in [0.3, 0.4) is 0 Å². The number of anilines is 2. The van der Waals surface area contributed by atoms with E-state index in [0.29, 0.717) is 28.0 Å². The summed E-state index contributed by atoms with van der Waals surface area (Å²) in [7, 11) is 0. The highest BCUT2D eigenvalue weighted by molar-refractivity contribution is 6.37. The third kappa shape index (κ3) is 4.27. The first kappa shape index (κ1) is 15.4. The van der Waals surface area contributed by atoms with Gasteiger partial charge < -0.3 is 15.8 Å². The summed E-state index contributed by atoms with van der Waals surface area (Å²) in [6, 6.07) is 3.08. The van der Waals surface area contributed by atoms with Crippen molar-refractivity contribution in [2.75, 3.05) is 24.3 Å². The van der Waals surface area contributed by atoms with E-state index in [9.17, 15) is 4.79 Å². The van der Waals surface area contributed by atoms with Gasteiger partial charge in [-0.3, -0.25) is 4.79 Å². The summed E-state index contributed by atoms with van der Waals surface area (Å²) in [6.45, 7) is 0.618. The Kier molecular flexibility index (Phi) is 5.52. The van der Waals surface area contributed by atoms with E-state index in [1.807, 2.05) is 0 Å². The lowest BCUT2D eigenvalue weighted by atomic mass is 9.83. The summed E-state index contributed by atoms with van der Waals surface area (Å²) in [5, 5.41) is 3.39. The second kappa shape index (κ2) is 7.16. The smallest absolute Gasteiger partial charge is 0.250 e. The van der Waals surface area contributed by atoms with Gasteiger partial charge in [0, 0.05) is 11.6 Å². The number of halogens is 2. The zero-order chi connectivity index (χ0) is 14.5. The summed E-state index contributed by atoms with van der Waals surface area (Å²) in [4.78, 5) is 11.7. The highest BCUT2D eigenvalue weighted by atomic mass is 35.5. The monoisotopic (exact) mass is 316 g/mol. The molecule has 20 heavy (non-hydrogen) atoms. The Morgan fingerprint density at radius 3 is 2.75 bits per heavy atom. The minimum absolute atomic E-state index is 0.00507. The van der Waals surface area contributed by atoms with Gasteiger partial charge in [0.15, 0.2) is 0 Å². The number of carbonyl (C=O) groups is 1. The molecule has 0 unspecified atom stereocenters. The maximum absolute atomic E-state index is 11.7. The van der Waals surface area contributed by atoms with Gasteiger partial charge in [0.2, 0.25) is 5.91 Å². The maximum atomic E-state index is 11.7. The third-order valence-corrected chi connectivity index (χ3v) is 3.99. The summed E-state index contributed by atoms with van der Waals surface area (Å²) in [6.07, 6.45) is 4.91. The highest BCUT2D eigenvalue weighted by Crippen LogP contribution is 2.32. The molecule has 0 heterocycles. The Hall–Kier alpha value is -0.970. The number of hydrogen-bond acceptors (Lipinski definition) is 3. The first-order chi connectivity index (χ1) is 9.56. The molecule has 1 aliphatic carbocycles. The van der Waals surface area contributed by atoms with Crippen molar-refractivity contribution < 1.29 is 9.53 Å². The van der Waals surface area contributed by atoms with Crippen LogP contribution in [0.4, 0.5) is 11.4 Å². The lowest BCUT2D eigenvalue weighted by Gasteiger charge is -2.24. The van der Waals surface area contributed by atoms with E-state index in [4.69, 9.17) is 33.7 Å².